The van der Waals surface area contributed by atoms with Gasteiger partial charge in [0.05, 0.1) is 22.0 Å². The lowest BCUT2D eigenvalue weighted by molar-refractivity contribution is 0.0956. The molecule has 0 aliphatic rings. The van der Waals surface area contributed by atoms with Crippen LogP contribution < -0.4 is 11.1 Å². The summed E-state index contributed by atoms with van der Waals surface area (Å²) in [6, 6.07) is 4.71. The number of carbonyl (C=O) groups excluding carboxylic acids is 1. The number of benzene rings is 1. The molecule has 0 bridgehead atoms. The van der Waals surface area contributed by atoms with Gasteiger partial charge in [-0.1, -0.05) is 17.7 Å². The zero-order valence-corrected chi connectivity index (χ0v) is 10.8. The number of hydrogen-bond donors (Lipinski definition) is 2. The summed E-state index contributed by atoms with van der Waals surface area (Å²) in [5.41, 5.74) is 6.09. The molecule has 0 aromatic heterocycles. The van der Waals surface area contributed by atoms with Crippen molar-refractivity contribution < 1.29 is 13.2 Å². The second-order valence-corrected chi connectivity index (χ2v) is 6.23. The van der Waals surface area contributed by atoms with Gasteiger partial charge >= 0.3 is 0 Å². The lowest BCUT2D eigenvalue weighted by Crippen LogP contribution is -2.29. The highest BCUT2D eigenvalue weighted by Gasteiger charge is 2.12. The van der Waals surface area contributed by atoms with E-state index in [0.29, 0.717) is 5.69 Å². The molecule has 0 saturated heterocycles. The summed E-state index contributed by atoms with van der Waals surface area (Å²) < 4.78 is 21.7. The Labute approximate surface area is 105 Å². The quantitative estimate of drug-likeness (QED) is 0.792. The Morgan fingerprint density at radius 1 is 1.47 bits per heavy atom. The molecule has 1 aromatic carbocycles. The maximum atomic E-state index is 11.7. The molecular weight excluding hydrogens is 264 g/mol. The summed E-state index contributed by atoms with van der Waals surface area (Å²) in [5, 5.41) is 2.64. The van der Waals surface area contributed by atoms with E-state index in [1.165, 1.54) is 6.07 Å². The van der Waals surface area contributed by atoms with Gasteiger partial charge in [-0.3, -0.25) is 4.79 Å². The van der Waals surface area contributed by atoms with E-state index in [-0.39, 0.29) is 22.9 Å². The van der Waals surface area contributed by atoms with E-state index in [1.54, 1.807) is 12.1 Å². The second kappa shape index (κ2) is 5.37. The average Bonchev–Trinajstić information content (AvgIpc) is 2.20. The minimum absolute atomic E-state index is 0.0444. The number of nitrogens with one attached hydrogen (secondary N) is 1. The van der Waals surface area contributed by atoms with Gasteiger partial charge < -0.3 is 11.1 Å². The van der Waals surface area contributed by atoms with E-state index in [2.05, 4.69) is 5.32 Å². The van der Waals surface area contributed by atoms with Crippen LogP contribution in [0, 0.1) is 0 Å². The molecular formula is C10H13ClN2O3S. The number of halogens is 1. The Bertz CT molecular complexity index is 528. The minimum Gasteiger partial charge on any atom is -0.398 e. The molecule has 1 amide bonds. The molecule has 0 aliphatic carbocycles. The topological polar surface area (TPSA) is 89.3 Å². The smallest absolute Gasteiger partial charge is 0.252 e. The molecule has 0 heterocycles. The summed E-state index contributed by atoms with van der Waals surface area (Å²) in [6.45, 7) is 0.0444. The van der Waals surface area contributed by atoms with Gasteiger partial charge in [0.25, 0.3) is 5.91 Å². The molecule has 5 nitrogen and oxygen atoms in total. The first-order valence-electron chi connectivity index (χ1n) is 4.81. The van der Waals surface area contributed by atoms with E-state index in [9.17, 15) is 13.2 Å². The Balaban J connectivity index is 2.68. The first-order chi connectivity index (χ1) is 7.81. The Morgan fingerprint density at radius 2 is 2.12 bits per heavy atom. The van der Waals surface area contributed by atoms with E-state index in [4.69, 9.17) is 17.3 Å². The van der Waals surface area contributed by atoms with Crippen LogP contribution in [0.15, 0.2) is 18.2 Å². The SMILES string of the molecule is CS(=O)(=O)CCNC(=O)c1cccc(N)c1Cl. The van der Waals surface area contributed by atoms with Crippen molar-refractivity contribution in [3.63, 3.8) is 0 Å². The van der Waals surface area contributed by atoms with E-state index in [1.807, 2.05) is 0 Å². The summed E-state index contributed by atoms with van der Waals surface area (Å²) in [7, 11) is -3.09. The van der Waals surface area contributed by atoms with Crippen molar-refractivity contribution in [3.05, 3.63) is 28.8 Å². The Kier molecular flexibility index (Phi) is 4.36. The van der Waals surface area contributed by atoms with Crippen molar-refractivity contribution in [1.82, 2.24) is 5.32 Å². The fraction of sp³-hybridized carbons (Fsp3) is 0.300. The maximum Gasteiger partial charge on any atom is 0.252 e. The van der Waals surface area contributed by atoms with Gasteiger partial charge in [0.1, 0.15) is 9.84 Å². The molecule has 0 atom stereocenters. The predicted octanol–water partition coefficient (Wildman–Crippen LogP) is 0.697. The number of nitrogens with two attached hydrogens (primary N) is 1. The van der Waals surface area contributed by atoms with Gasteiger partial charge in [0.15, 0.2) is 0 Å². The van der Waals surface area contributed by atoms with Gasteiger partial charge in [0, 0.05) is 12.8 Å². The predicted molar refractivity (Wildman–Crippen MR) is 67.9 cm³/mol. The maximum absolute atomic E-state index is 11.7. The van der Waals surface area contributed by atoms with Crippen molar-refractivity contribution in [2.75, 3.05) is 24.3 Å². The Morgan fingerprint density at radius 3 is 2.71 bits per heavy atom. The van der Waals surface area contributed by atoms with Crippen LogP contribution in [0.4, 0.5) is 5.69 Å². The molecule has 94 valence electrons. The second-order valence-electron chi connectivity index (χ2n) is 3.59. The van der Waals surface area contributed by atoms with Crippen LogP contribution in [0.1, 0.15) is 10.4 Å². The number of nitrogen functional groups attached to an aromatic ring is 1. The monoisotopic (exact) mass is 276 g/mol. The van der Waals surface area contributed by atoms with Crippen LogP contribution in [-0.2, 0) is 9.84 Å². The normalized spacial score (nSPS) is 11.2. The third kappa shape index (κ3) is 4.24. The van der Waals surface area contributed by atoms with Crippen LogP contribution >= 0.6 is 11.6 Å². The molecule has 17 heavy (non-hydrogen) atoms. The fourth-order valence-corrected chi connectivity index (χ4v) is 1.86. The van der Waals surface area contributed by atoms with Gasteiger partial charge in [-0.15, -0.1) is 0 Å². The highest BCUT2D eigenvalue weighted by Crippen LogP contribution is 2.22. The highest BCUT2D eigenvalue weighted by molar-refractivity contribution is 7.90. The van der Waals surface area contributed by atoms with E-state index < -0.39 is 15.7 Å². The van der Waals surface area contributed by atoms with Crippen LogP contribution in [0.5, 0.6) is 0 Å². The third-order valence-corrected chi connectivity index (χ3v) is 3.40. The number of hydrogen-bond acceptors (Lipinski definition) is 4. The van der Waals surface area contributed by atoms with Gasteiger partial charge in [-0.25, -0.2) is 8.42 Å². The zero-order valence-electron chi connectivity index (χ0n) is 9.23. The van der Waals surface area contributed by atoms with Crippen LogP contribution in [0.2, 0.25) is 5.02 Å². The number of amides is 1. The van der Waals surface area contributed by atoms with Crippen LogP contribution in [0.3, 0.4) is 0 Å². The van der Waals surface area contributed by atoms with E-state index >= 15 is 0 Å². The van der Waals surface area contributed by atoms with Gasteiger partial charge in [-0.2, -0.15) is 0 Å². The molecule has 0 unspecified atom stereocenters. The largest absolute Gasteiger partial charge is 0.398 e. The lowest BCUT2D eigenvalue weighted by Gasteiger charge is -2.07. The molecule has 7 heteroatoms. The Hall–Kier alpha value is -1.27. The van der Waals surface area contributed by atoms with Crippen molar-refractivity contribution in [3.8, 4) is 0 Å². The standard InChI is InChI=1S/C10H13ClN2O3S/c1-17(15,16)6-5-13-10(14)7-3-2-4-8(12)9(7)11/h2-4H,5-6,12H2,1H3,(H,13,14). The molecule has 0 radical (unpaired) electrons. The first-order valence-corrected chi connectivity index (χ1v) is 7.25. The average molecular weight is 277 g/mol. The molecule has 0 spiro atoms. The zero-order chi connectivity index (χ0) is 13.1. The van der Waals surface area contributed by atoms with Crippen molar-refractivity contribution in [2.45, 2.75) is 0 Å². The molecule has 0 aliphatic heterocycles. The molecule has 0 fully saturated rings. The van der Waals surface area contributed by atoms with Crippen molar-refractivity contribution in [1.29, 1.82) is 0 Å². The summed E-state index contributed by atoms with van der Waals surface area (Å²) in [4.78, 5) is 11.7. The number of anilines is 1. The highest BCUT2D eigenvalue weighted by atomic mass is 35.5. The summed E-state index contributed by atoms with van der Waals surface area (Å²) >= 11 is 5.85. The first kappa shape index (κ1) is 13.8. The molecule has 1 aromatic rings. The van der Waals surface area contributed by atoms with Crippen molar-refractivity contribution >= 4 is 33.0 Å². The molecule has 0 saturated carbocycles. The third-order valence-electron chi connectivity index (χ3n) is 2.03. The summed E-state index contributed by atoms with van der Waals surface area (Å²) in [6.07, 6.45) is 1.10. The number of sulfone groups is 1. The molecule has 1 rings (SSSR count). The van der Waals surface area contributed by atoms with E-state index in [0.717, 1.165) is 6.26 Å². The van der Waals surface area contributed by atoms with Gasteiger partial charge in [0.2, 0.25) is 0 Å². The minimum atomic E-state index is -3.09. The summed E-state index contributed by atoms with van der Waals surface area (Å²) in [5.74, 6) is -0.551. The number of rotatable bonds is 4. The lowest BCUT2D eigenvalue weighted by atomic mass is 10.2. The van der Waals surface area contributed by atoms with Crippen LogP contribution in [-0.4, -0.2) is 32.9 Å². The fourth-order valence-electron chi connectivity index (χ4n) is 1.17. The van der Waals surface area contributed by atoms with Crippen LogP contribution in [0.25, 0.3) is 0 Å². The van der Waals surface area contributed by atoms with Crippen molar-refractivity contribution in [2.24, 2.45) is 0 Å². The number of carbonyl (C=O) groups is 1. The molecule has 3 N–H and O–H groups in total. The van der Waals surface area contributed by atoms with Gasteiger partial charge in [-0.05, 0) is 12.1 Å².